The smallest absolute Gasteiger partial charge is 0.257 e. The lowest BCUT2D eigenvalue weighted by atomic mass is 10.1. The maximum absolute atomic E-state index is 13.2. The number of rotatable bonds is 3. The molecule has 0 saturated carbocycles. The fourth-order valence-electron chi connectivity index (χ4n) is 2.68. The number of fused-ring (bicyclic) bond motifs is 1. The van der Waals surface area contributed by atoms with Gasteiger partial charge in [0.05, 0.1) is 16.3 Å². The summed E-state index contributed by atoms with van der Waals surface area (Å²) in [6, 6.07) is 14.5. The molecule has 2 aromatic heterocycles. The summed E-state index contributed by atoms with van der Waals surface area (Å²) >= 11 is 5.95. The van der Waals surface area contributed by atoms with Crippen LogP contribution in [0, 0.1) is 12.7 Å². The molecule has 1 N–H and O–H groups in total. The Morgan fingerprint density at radius 3 is 2.78 bits per heavy atom. The Hall–Kier alpha value is -3.32. The molecular weight excluding hydrogens is 369 g/mol. The Morgan fingerprint density at radius 2 is 1.96 bits per heavy atom. The number of aryl methyl sites for hydroxylation is 1. The van der Waals surface area contributed by atoms with Gasteiger partial charge in [-0.15, -0.1) is 10.2 Å². The van der Waals surface area contributed by atoms with Gasteiger partial charge in [0.15, 0.2) is 11.5 Å². The van der Waals surface area contributed by atoms with E-state index >= 15 is 0 Å². The third kappa shape index (κ3) is 3.37. The van der Waals surface area contributed by atoms with Gasteiger partial charge >= 0.3 is 0 Å². The minimum Gasteiger partial charge on any atom is -0.322 e. The number of hydrogen-bond acceptors (Lipinski definition) is 4. The average molecular weight is 382 g/mol. The van der Waals surface area contributed by atoms with Crippen molar-refractivity contribution in [2.45, 2.75) is 6.92 Å². The molecule has 0 aliphatic rings. The first-order valence-corrected chi connectivity index (χ1v) is 8.45. The zero-order valence-electron chi connectivity index (χ0n) is 14.1. The minimum absolute atomic E-state index is 0.0545. The lowest BCUT2D eigenvalue weighted by Crippen LogP contribution is -2.12. The van der Waals surface area contributed by atoms with Crippen molar-refractivity contribution in [3.05, 3.63) is 76.8 Å². The van der Waals surface area contributed by atoms with Gasteiger partial charge in [-0.1, -0.05) is 23.7 Å². The SMILES string of the molecule is Cc1nnc2ccc(-c3cccc(NC(=O)c4ccc(F)cc4Cl)c3)nn12. The molecule has 6 nitrogen and oxygen atoms in total. The van der Waals surface area contributed by atoms with Crippen LogP contribution in [0.3, 0.4) is 0 Å². The summed E-state index contributed by atoms with van der Waals surface area (Å²) in [4.78, 5) is 12.4. The second-order valence-corrected chi connectivity index (χ2v) is 6.30. The molecule has 27 heavy (non-hydrogen) atoms. The number of carbonyl (C=O) groups excluding carboxylic acids is 1. The fraction of sp³-hybridized carbons (Fsp3) is 0.0526. The summed E-state index contributed by atoms with van der Waals surface area (Å²) in [5.74, 6) is -0.234. The molecule has 0 radical (unpaired) electrons. The van der Waals surface area contributed by atoms with Crippen molar-refractivity contribution < 1.29 is 9.18 Å². The number of amides is 1. The molecule has 2 heterocycles. The van der Waals surface area contributed by atoms with E-state index in [1.807, 2.05) is 31.2 Å². The van der Waals surface area contributed by atoms with Crippen LogP contribution in [0.15, 0.2) is 54.6 Å². The van der Waals surface area contributed by atoms with Gasteiger partial charge in [0.2, 0.25) is 0 Å². The highest BCUT2D eigenvalue weighted by Gasteiger charge is 2.12. The number of nitrogens with one attached hydrogen (secondary N) is 1. The van der Waals surface area contributed by atoms with Gasteiger partial charge in [0.25, 0.3) is 5.91 Å². The summed E-state index contributed by atoms with van der Waals surface area (Å²) in [6.07, 6.45) is 0. The molecule has 0 spiro atoms. The molecule has 0 saturated heterocycles. The van der Waals surface area contributed by atoms with Crippen molar-refractivity contribution in [2.24, 2.45) is 0 Å². The van der Waals surface area contributed by atoms with Crippen LogP contribution in [-0.4, -0.2) is 25.7 Å². The largest absolute Gasteiger partial charge is 0.322 e. The molecule has 0 unspecified atom stereocenters. The molecule has 0 aliphatic carbocycles. The molecular formula is C19H13ClFN5O. The number of hydrogen-bond donors (Lipinski definition) is 1. The maximum atomic E-state index is 13.2. The van der Waals surface area contributed by atoms with Crippen LogP contribution < -0.4 is 5.32 Å². The Kier molecular flexibility index (Phi) is 4.29. The first kappa shape index (κ1) is 17.1. The van der Waals surface area contributed by atoms with Crippen molar-refractivity contribution in [3.8, 4) is 11.3 Å². The van der Waals surface area contributed by atoms with Gasteiger partial charge in [-0.3, -0.25) is 4.79 Å². The van der Waals surface area contributed by atoms with Gasteiger partial charge < -0.3 is 5.32 Å². The van der Waals surface area contributed by atoms with Crippen molar-refractivity contribution >= 4 is 28.8 Å². The van der Waals surface area contributed by atoms with Crippen LogP contribution in [0.25, 0.3) is 16.9 Å². The van der Waals surface area contributed by atoms with Crippen LogP contribution in [0.1, 0.15) is 16.2 Å². The third-order valence-electron chi connectivity index (χ3n) is 4.01. The predicted octanol–water partition coefficient (Wildman–Crippen LogP) is 4.14. The third-order valence-corrected chi connectivity index (χ3v) is 4.32. The molecule has 0 bridgehead atoms. The quantitative estimate of drug-likeness (QED) is 0.578. The van der Waals surface area contributed by atoms with Gasteiger partial charge in [-0.05, 0) is 49.4 Å². The second kappa shape index (κ2) is 6.77. The van der Waals surface area contributed by atoms with E-state index in [-0.39, 0.29) is 10.6 Å². The first-order chi connectivity index (χ1) is 13.0. The molecule has 2 aromatic carbocycles. The summed E-state index contributed by atoms with van der Waals surface area (Å²) < 4.78 is 14.8. The van der Waals surface area contributed by atoms with Crippen LogP contribution in [0.2, 0.25) is 5.02 Å². The van der Waals surface area contributed by atoms with Crippen molar-refractivity contribution in [3.63, 3.8) is 0 Å². The lowest BCUT2D eigenvalue weighted by Gasteiger charge is -2.09. The van der Waals surface area contributed by atoms with E-state index < -0.39 is 11.7 Å². The Labute approximate surface area is 158 Å². The Balaban J connectivity index is 1.63. The number of benzene rings is 2. The molecule has 0 aliphatic heterocycles. The van der Waals surface area contributed by atoms with E-state index in [1.165, 1.54) is 12.1 Å². The summed E-state index contributed by atoms with van der Waals surface area (Å²) in [7, 11) is 0. The number of aromatic nitrogens is 4. The fourth-order valence-corrected chi connectivity index (χ4v) is 2.93. The van der Waals surface area contributed by atoms with Crippen LogP contribution in [-0.2, 0) is 0 Å². The first-order valence-electron chi connectivity index (χ1n) is 8.07. The van der Waals surface area contributed by atoms with E-state index in [9.17, 15) is 9.18 Å². The zero-order chi connectivity index (χ0) is 19.0. The van der Waals surface area contributed by atoms with Gasteiger partial charge in [-0.25, -0.2) is 4.39 Å². The molecule has 1 amide bonds. The standard InChI is InChI=1S/C19H13ClFN5O/c1-11-23-24-18-8-7-17(25-26(11)18)12-3-2-4-14(9-12)22-19(27)15-6-5-13(21)10-16(15)20/h2-10H,1H3,(H,22,27). The molecule has 4 aromatic rings. The van der Waals surface area contributed by atoms with Crippen LogP contribution in [0.5, 0.6) is 0 Å². The van der Waals surface area contributed by atoms with Crippen LogP contribution in [0.4, 0.5) is 10.1 Å². The minimum atomic E-state index is -0.496. The van der Waals surface area contributed by atoms with E-state index in [4.69, 9.17) is 11.6 Å². The number of halogens is 2. The Bertz CT molecular complexity index is 1170. The topological polar surface area (TPSA) is 72.2 Å². The van der Waals surface area contributed by atoms with Crippen LogP contribution >= 0.6 is 11.6 Å². The summed E-state index contributed by atoms with van der Waals surface area (Å²) in [5, 5.41) is 15.3. The van der Waals surface area contributed by atoms with Crippen molar-refractivity contribution in [1.29, 1.82) is 0 Å². The molecule has 4 rings (SSSR count). The van der Waals surface area contributed by atoms with Crippen molar-refractivity contribution in [1.82, 2.24) is 19.8 Å². The normalized spacial score (nSPS) is 10.9. The maximum Gasteiger partial charge on any atom is 0.257 e. The van der Waals surface area contributed by atoms with Gasteiger partial charge in [-0.2, -0.15) is 9.61 Å². The monoisotopic (exact) mass is 381 g/mol. The highest BCUT2D eigenvalue weighted by atomic mass is 35.5. The zero-order valence-corrected chi connectivity index (χ0v) is 14.9. The van der Waals surface area contributed by atoms with E-state index in [1.54, 1.807) is 16.6 Å². The van der Waals surface area contributed by atoms with Gasteiger partial charge in [0.1, 0.15) is 5.82 Å². The van der Waals surface area contributed by atoms with Crippen molar-refractivity contribution in [2.75, 3.05) is 5.32 Å². The molecule has 134 valence electrons. The summed E-state index contributed by atoms with van der Waals surface area (Å²) in [5.41, 5.74) is 2.95. The number of anilines is 1. The van der Waals surface area contributed by atoms with E-state index in [0.717, 1.165) is 11.6 Å². The highest BCUT2D eigenvalue weighted by Crippen LogP contribution is 2.23. The molecule has 0 fully saturated rings. The predicted molar refractivity (Wildman–Crippen MR) is 100 cm³/mol. The Morgan fingerprint density at radius 1 is 1.11 bits per heavy atom. The van der Waals surface area contributed by atoms with Gasteiger partial charge in [0, 0.05) is 11.3 Å². The molecule has 8 heteroatoms. The number of nitrogens with zero attached hydrogens (tertiary/aromatic N) is 4. The van der Waals surface area contributed by atoms with E-state index in [0.29, 0.717) is 22.9 Å². The highest BCUT2D eigenvalue weighted by molar-refractivity contribution is 6.34. The average Bonchev–Trinajstić information content (AvgIpc) is 3.02. The lowest BCUT2D eigenvalue weighted by molar-refractivity contribution is 0.102. The molecule has 0 atom stereocenters. The number of carbonyl (C=O) groups is 1. The summed E-state index contributed by atoms with van der Waals surface area (Å²) in [6.45, 7) is 1.82. The van der Waals surface area contributed by atoms with E-state index in [2.05, 4.69) is 20.6 Å². The second-order valence-electron chi connectivity index (χ2n) is 5.89.